The molecule has 6 nitrogen and oxygen atoms in total. The van der Waals surface area contributed by atoms with Crippen molar-refractivity contribution in [2.45, 2.75) is 0 Å². The van der Waals surface area contributed by atoms with Gasteiger partial charge in [0.2, 0.25) is 0 Å². The van der Waals surface area contributed by atoms with Gasteiger partial charge in [0.25, 0.3) is 5.91 Å². The van der Waals surface area contributed by atoms with E-state index in [4.69, 9.17) is 4.74 Å². The van der Waals surface area contributed by atoms with Crippen molar-refractivity contribution in [3.05, 3.63) is 60.8 Å². The topological polar surface area (TPSA) is 57.7 Å². The second-order valence-corrected chi connectivity index (χ2v) is 6.05. The molecule has 1 aromatic carbocycles. The van der Waals surface area contributed by atoms with E-state index in [1.165, 1.54) is 0 Å². The van der Waals surface area contributed by atoms with Crippen LogP contribution >= 0.6 is 0 Å². The summed E-state index contributed by atoms with van der Waals surface area (Å²) in [5.41, 5.74) is 1.73. The van der Waals surface area contributed by atoms with E-state index in [0.717, 1.165) is 43.4 Å². The van der Waals surface area contributed by atoms with Crippen LogP contribution in [0.2, 0.25) is 0 Å². The van der Waals surface area contributed by atoms with Gasteiger partial charge in [-0.05, 0) is 24.3 Å². The molecule has 6 heteroatoms. The number of piperazine rings is 1. The zero-order valence-corrected chi connectivity index (χ0v) is 15.0. The number of carbonyl (C=O) groups is 1. The van der Waals surface area contributed by atoms with Gasteiger partial charge in [0, 0.05) is 44.5 Å². The number of carbonyl (C=O) groups excluding carboxylic acids is 1. The summed E-state index contributed by atoms with van der Waals surface area (Å²) in [6.07, 6.45) is 3.35. The first-order valence-corrected chi connectivity index (χ1v) is 8.71. The molecule has 1 saturated heterocycles. The monoisotopic (exact) mass is 352 g/mol. The van der Waals surface area contributed by atoms with Crippen LogP contribution in [-0.2, 0) is 0 Å². The van der Waals surface area contributed by atoms with Gasteiger partial charge >= 0.3 is 0 Å². The summed E-state index contributed by atoms with van der Waals surface area (Å²) in [6, 6.07) is 11.6. The lowest BCUT2D eigenvalue weighted by molar-refractivity contribution is 0.0958. The van der Waals surface area contributed by atoms with Crippen LogP contribution in [0.25, 0.3) is 0 Å². The van der Waals surface area contributed by atoms with Gasteiger partial charge in [0.1, 0.15) is 11.6 Å². The van der Waals surface area contributed by atoms with E-state index in [1.54, 1.807) is 25.4 Å². The lowest BCUT2D eigenvalue weighted by Crippen LogP contribution is -2.47. The quantitative estimate of drug-likeness (QED) is 0.809. The number of hydrogen-bond acceptors (Lipinski definition) is 5. The maximum atomic E-state index is 12.1. The van der Waals surface area contributed by atoms with Crippen molar-refractivity contribution in [2.24, 2.45) is 0 Å². The van der Waals surface area contributed by atoms with Crippen LogP contribution in [-0.4, -0.2) is 50.7 Å². The van der Waals surface area contributed by atoms with Crippen LogP contribution in [0.1, 0.15) is 10.4 Å². The number of amides is 1. The van der Waals surface area contributed by atoms with Crippen LogP contribution in [0.15, 0.2) is 55.3 Å². The van der Waals surface area contributed by atoms with Crippen molar-refractivity contribution >= 4 is 17.4 Å². The summed E-state index contributed by atoms with van der Waals surface area (Å²) in [4.78, 5) is 21.1. The molecule has 0 saturated carbocycles. The Morgan fingerprint density at radius 3 is 2.69 bits per heavy atom. The van der Waals surface area contributed by atoms with Gasteiger partial charge in [-0.1, -0.05) is 18.2 Å². The molecule has 0 atom stereocenters. The maximum absolute atomic E-state index is 12.1. The molecule has 0 aliphatic carbocycles. The molecule has 2 aromatic rings. The third kappa shape index (κ3) is 3.96. The Hall–Kier alpha value is -3.02. The minimum Gasteiger partial charge on any atom is -0.495 e. The highest BCUT2D eigenvalue weighted by Gasteiger charge is 2.21. The smallest absolute Gasteiger partial charge is 0.251 e. The summed E-state index contributed by atoms with van der Waals surface area (Å²) in [5, 5.41) is 2.79. The Bertz CT molecular complexity index is 770. The Labute approximate surface area is 154 Å². The number of benzene rings is 1. The van der Waals surface area contributed by atoms with Gasteiger partial charge in [-0.25, -0.2) is 4.98 Å². The number of rotatable bonds is 6. The fraction of sp³-hybridized carbons (Fsp3) is 0.300. The highest BCUT2D eigenvalue weighted by molar-refractivity contribution is 5.94. The molecule has 3 rings (SSSR count). The molecule has 1 amide bonds. The predicted octanol–water partition coefficient (Wildman–Crippen LogP) is 2.33. The largest absolute Gasteiger partial charge is 0.495 e. The third-order valence-electron chi connectivity index (χ3n) is 4.44. The summed E-state index contributed by atoms with van der Waals surface area (Å²) in [6.45, 7) is 7.48. The first-order valence-electron chi connectivity index (χ1n) is 8.71. The van der Waals surface area contributed by atoms with Crippen LogP contribution < -0.4 is 19.9 Å². The number of para-hydroxylation sites is 2. The van der Waals surface area contributed by atoms with E-state index in [9.17, 15) is 4.79 Å². The van der Waals surface area contributed by atoms with Crippen molar-refractivity contribution in [3.63, 3.8) is 0 Å². The molecule has 0 unspecified atom stereocenters. The van der Waals surface area contributed by atoms with Gasteiger partial charge in [0.15, 0.2) is 0 Å². The van der Waals surface area contributed by atoms with Crippen LogP contribution in [0.5, 0.6) is 5.75 Å². The molecule has 1 aromatic heterocycles. The van der Waals surface area contributed by atoms with Gasteiger partial charge in [-0.2, -0.15) is 0 Å². The van der Waals surface area contributed by atoms with E-state index in [0.29, 0.717) is 12.1 Å². The maximum Gasteiger partial charge on any atom is 0.251 e. The fourth-order valence-electron chi connectivity index (χ4n) is 3.07. The number of nitrogens with one attached hydrogen (secondary N) is 1. The highest BCUT2D eigenvalue weighted by Crippen LogP contribution is 2.29. The van der Waals surface area contributed by atoms with Crippen molar-refractivity contribution in [1.82, 2.24) is 10.3 Å². The molecule has 1 aliphatic rings. The molecule has 26 heavy (non-hydrogen) atoms. The molecule has 136 valence electrons. The molecule has 0 bridgehead atoms. The number of ether oxygens (including phenoxy) is 1. The number of aromatic nitrogens is 1. The van der Waals surface area contributed by atoms with Crippen molar-refractivity contribution in [3.8, 4) is 5.75 Å². The van der Waals surface area contributed by atoms with Crippen LogP contribution in [0.3, 0.4) is 0 Å². The molecule has 1 N–H and O–H groups in total. The molecular weight excluding hydrogens is 328 g/mol. The van der Waals surface area contributed by atoms with E-state index in [-0.39, 0.29) is 5.91 Å². The summed E-state index contributed by atoms with van der Waals surface area (Å²) < 4.78 is 5.47. The molecule has 2 heterocycles. The molecule has 1 fully saturated rings. The second kappa shape index (κ2) is 8.38. The van der Waals surface area contributed by atoms with E-state index in [1.807, 2.05) is 24.3 Å². The number of methoxy groups -OCH3 is 1. The van der Waals surface area contributed by atoms with Crippen molar-refractivity contribution in [1.29, 1.82) is 0 Å². The van der Waals surface area contributed by atoms with E-state index in [2.05, 4.69) is 32.7 Å². The summed E-state index contributed by atoms with van der Waals surface area (Å²) >= 11 is 0. The molecule has 0 spiro atoms. The number of pyridine rings is 1. The van der Waals surface area contributed by atoms with Crippen molar-refractivity contribution < 1.29 is 9.53 Å². The van der Waals surface area contributed by atoms with E-state index >= 15 is 0 Å². The highest BCUT2D eigenvalue weighted by atomic mass is 16.5. The van der Waals surface area contributed by atoms with Crippen LogP contribution in [0.4, 0.5) is 11.5 Å². The Morgan fingerprint density at radius 2 is 1.96 bits per heavy atom. The lowest BCUT2D eigenvalue weighted by atomic mass is 10.2. The molecule has 0 radical (unpaired) electrons. The van der Waals surface area contributed by atoms with Gasteiger partial charge in [0.05, 0.1) is 12.8 Å². The zero-order chi connectivity index (χ0) is 18.4. The Balaban J connectivity index is 1.66. The third-order valence-corrected chi connectivity index (χ3v) is 4.44. The van der Waals surface area contributed by atoms with Gasteiger partial charge in [-0.15, -0.1) is 6.58 Å². The number of nitrogens with zero attached hydrogens (tertiary/aromatic N) is 3. The van der Waals surface area contributed by atoms with Crippen LogP contribution in [0, 0.1) is 0 Å². The summed E-state index contributed by atoms with van der Waals surface area (Å²) in [7, 11) is 1.70. The van der Waals surface area contributed by atoms with Gasteiger partial charge < -0.3 is 19.9 Å². The van der Waals surface area contributed by atoms with E-state index < -0.39 is 0 Å². The van der Waals surface area contributed by atoms with Crippen molar-refractivity contribution in [2.75, 3.05) is 49.6 Å². The Kier molecular flexibility index (Phi) is 5.73. The zero-order valence-electron chi connectivity index (χ0n) is 15.0. The minimum atomic E-state index is -0.110. The number of anilines is 2. The molecule has 1 aliphatic heterocycles. The predicted molar refractivity (Wildman–Crippen MR) is 104 cm³/mol. The SMILES string of the molecule is C=CCNC(=O)c1ccnc(N2CCN(c3ccccc3OC)CC2)c1. The Morgan fingerprint density at radius 1 is 1.23 bits per heavy atom. The first kappa shape index (κ1) is 17.8. The fourth-order valence-corrected chi connectivity index (χ4v) is 3.07. The second-order valence-electron chi connectivity index (χ2n) is 6.05. The first-order chi connectivity index (χ1) is 12.7. The number of hydrogen-bond donors (Lipinski definition) is 1. The average molecular weight is 352 g/mol. The standard InChI is InChI=1S/C20H24N4O2/c1-3-9-22-20(25)16-8-10-21-19(15-16)24-13-11-23(12-14-24)17-6-4-5-7-18(17)26-2/h3-8,10,15H,1,9,11-14H2,2H3,(H,22,25). The molecular formula is C20H24N4O2. The summed E-state index contributed by atoms with van der Waals surface area (Å²) in [5.74, 6) is 1.61. The minimum absolute atomic E-state index is 0.110. The van der Waals surface area contributed by atoms with Gasteiger partial charge in [-0.3, -0.25) is 4.79 Å². The average Bonchev–Trinajstić information content (AvgIpc) is 2.72. The lowest BCUT2D eigenvalue weighted by Gasteiger charge is -2.37. The normalized spacial score (nSPS) is 14.0.